The number of carboxylic acid groups (broad SMARTS) is 1. The number of aromatic carboxylic acids is 1. The molecule has 0 radical (unpaired) electrons. The fraction of sp³-hybridized carbons (Fsp3) is 0.412. The summed E-state index contributed by atoms with van der Waals surface area (Å²) in [6.45, 7) is 5.14. The minimum absolute atomic E-state index is 0.244. The Hall–Kier alpha value is -2.18. The highest BCUT2D eigenvalue weighted by Gasteiger charge is 2.11. The van der Waals surface area contributed by atoms with E-state index in [1.54, 1.807) is 12.1 Å². The second-order valence-electron chi connectivity index (χ2n) is 5.50. The van der Waals surface area contributed by atoms with E-state index in [0.29, 0.717) is 23.3 Å². The lowest BCUT2D eigenvalue weighted by Gasteiger charge is -2.26. The van der Waals surface area contributed by atoms with Crippen LogP contribution in [0.25, 0.3) is 10.9 Å². The zero-order chi connectivity index (χ0) is 16.1. The number of ether oxygens (including phenoxy) is 2. The molecular weight excluding hydrogens is 296 g/mol. The predicted molar refractivity (Wildman–Crippen MR) is 86.1 cm³/mol. The lowest BCUT2D eigenvalue weighted by molar-refractivity contribution is 0.0358. The van der Waals surface area contributed by atoms with Crippen LogP contribution in [0.15, 0.2) is 30.5 Å². The quantitative estimate of drug-likeness (QED) is 0.822. The zero-order valence-corrected chi connectivity index (χ0v) is 12.9. The number of morpholine rings is 1. The first kappa shape index (κ1) is 15.7. The SMILES string of the molecule is O=C(O)c1ccnc2ccc(OCCCN3CCOCC3)cc12. The van der Waals surface area contributed by atoms with Crippen LogP contribution in [0.5, 0.6) is 5.75 Å². The van der Waals surface area contributed by atoms with E-state index in [1.807, 2.05) is 6.07 Å². The number of hydrogen-bond acceptors (Lipinski definition) is 5. The molecule has 1 aromatic carbocycles. The molecule has 1 saturated heterocycles. The Kier molecular flexibility index (Phi) is 5.05. The number of carbonyl (C=O) groups is 1. The number of benzene rings is 1. The van der Waals surface area contributed by atoms with Gasteiger partial charge in [-0.2, -0.15) is 0 Å². The second-order valence-corrected chi connectivity index (χ2v) is 5.50. The van der Waals surface area contributed by atoms with Gasteiger partial charge < -0.3 is 14.6 Å². The van der Waals surface area contributed by atoms with Gasteiger partial charge in [0.15, 0.2) is 0 Å². The van der Waals surface area contributed by atoms with Gasteiger partial charge in [0, 0.05) is 31.2 Å². The second kappa shape index (κ2) is 7.39. The Morgan fingerprint density at radius 2 is 2.13 bits per heavy atom. The van der Waals surface area contributed by atoms with E-state index in [2.05, 4.69) is 9.88 Å². The van der Waals surface area contributed by atoms with Crippen molar-refractivity contribution in [1.29, 1.82) is 0 Å². The Morgan fingerprint density at radius 1 is 1.30 bits per heavy atom. The molecule has 0 atom stereocenters. The van der Waals surface area contributed by atoms with Crippen molar-refractivity contribution in [2.24, 2.45) is 0 Å². The molecule has 0 bridgehead atoms. The van der Waals surface area contributed by atoms with Crippen LogP contribution in [0.1, 0.15) is 16.8 Å². The van der Waals surface area contributed by atoms with Gasteiger partial charge in [0.1, 0.15) is 5.75 Å². The van der Waals surface area contributed by atoms with E-state index in [0.717, 1.165) is 39.3 Å². The van der Waals surface area contributed by atoms with Gasteiger partial charge in [0.05, 0.1) is 30.9 Å². The predicted octanol–water partition coefficient (Wildman–Crippen LogP) is 2.03. The van der Waals surface area contributed by atoms with Crippen LogP contribution in [0, 0.1) is 0 Å². The number of rotatable bonds is 6. The average molecular weight is 316 g/mol. The van der Waals surface area contributed by atoms with Gasteiger partial charge in [-0.1, -0.05) is 0 Å². The van der Waals surface area contributed by atoms with Gasteiger partial charge in [0.2, 0.25) is 0 Å². The molecule has 1 N–H and O–H groups in total. The third-order valence-electron chi connectivity index (χ3n) is 3.93. The van der Waals surface area contributed by atoms with E-state index in [-0.39, 0.29) is 5.56 Å². The monoisotopic (exact) mass is 316 g/mol. The van der Waals surface area contributed by atoms with Crippen LogP contribution >= 0.6 is 0 Å². The molecule has 1 aliphatic heterocycles. The van der Waals surface area contributed by atoms with Crippen LogP contribution in [-0.2, 0) is 4.74 Å². The molecule has 1 aromatic heterocycles. The molecule has 0 unspecified atom stereocenters. The zero-order valence-electron chi connectivity index (χ0n) is 12.9. The number of hydrogen-bond donors (Lipinski definition) is 1. The molecule has 6 heteroatoms. The summed E-state index contributed by atoms with van der Waals surface area (Å²) < 4.78 is 11.1. The largest absolute Gasteiger partial charge is 0.494 e. The summed E-state index contributed by atoms with van der Waals surface area (Å²) >= 11 is 0. The van der Waals surface area contributed by atoms with Crippen molar-refractivity contribution >= 4 is 16.9 Å². The Labute approximate surface area is 134 Å². The van der Waals surface area contributed by atoms with Crippen molar-refractivity contribution in [2.45, 2.75) is 6.42 Å². The molecule has 0 aliphatic carbocycles. The first-order chi connectivity index (χ1) is 11.2. The summed E-state index contributed by atoms with van der Waals surface area (Å²) in [5.41, 5.74) is 0.902. The molecule has 0 amide bonds. The van der Waals surface area contributed by atoms with Gasteiger partial charge in [-0.3, -0.25) is 9.88 Å². The molecule has 1 aliphatic rings. The highest BCUT2D eigenvalue weighted by molar-refractivity contribution is 6.02. The average Bonchev–Trinajstić information content (AvgIpc) is 2.59. The third-order valence-corrected chi connectivity index (χ3v) is 3.93. The molecule has 23 heavy (non-hydrogen) atoms. The number of nitrogens with zero attached hydrogens (tertiary/aromatic N) is 2. The maximum absolute atomic E-state index is 11.3. The van der Waals surface area contributed by atoms with Crippen molar-refractivity contribution in [2.75, 3.05) is 39.5 Å². The van der Waals surface area contributed by atoms with Gasteiger partial charge >= 0.3 is 5.97 Å². The summed E-state index contributed by atoms with van der Waals surface area (Å²) in [6.07, 6.45) is 2.44. The fourth-order valence-electron chi connectivity index (χ4n) is 2.70. The minimum Gasteiger partial charge on any atom is -0.494 e. The topological polar surface area (TPSA) is 71.9 Å². The smallest absolute Gasteiger partial charge is 0.336 e. The molecule has 0 spiro atoms. The van der Waals surface area contributed by atoms with Crippen LogP contribution in [-0.4, -0.2) is 60.4 Å². The normalized spacial score (nSPS) is 15.7. The first-order valence-corrected chi connectivity index (χ1v) is 7.79. The highest BCUT2D eigenvalue weighted by Crippen LogP contribution is 2.22. The highest BCUT2D eigenvalue weighted by atomic mass is 16.5. The van der Waals surface area contributed by atoms with Gasteiger partial charge in [-0.15, -0.1) is 0 Å². The van der Waals surface area contributed by atoms with E-state index >= 15 is 0 Å². The molecule has 6 nitrogen and oxygen atoms in total. The van der Waals surface area contributed by atoms with E-state index in [4.69, 9.17) is 9.47 Å². The number of fused-ring (bicyclic) bond motifs is 1. The van der Waals surface area contributed by atoms with Crippen LogP contribution in [0.2, 0.25) is 0 Å². The maximum Gasteiger partial charge on any atom is 0.336 e. The summed E-state index contributed by atoms with van der Waals surface area (Å²) in [6, 6.07) is 6.88. The van der Waals surface area contributed by atoms with Crippen molar-refractivity contribution in [3.63, 3.8) is 0 Å². The molecule has 3 rings (SSSR count). The summed E-state index contributed by atoms with van der Waals surface area (Å²) in [4.78, 5) is 17.8. The van der Waals surface area contributed by atoms with Gasteiger partial charge in [-0.25, -0.2) is 4.79 Å². The molecule has 2 heterocycles. The van der Waals surface area contributed by atoms with Gasteiger partial charge in [0.25, 0.3) is 0 Å². The Balaban J connectivity index is 1.59. The number of carboxylic acids is 1. The van der Waals surface area contributed by atoms with Crippen LogP contribution < -0.4 is 4.74 Å². The van der Waals surface area contributed by atoms with Crippen LogP contribution in [0.3, 0.4) is 0 Å². The van der Waals surface area contributed by atoms with Crippen LogP contribution in [0.4, 0.5) is 0 Å². The van der Waals surface area contributed by atoms with Gasteiger partial charge in [-0.05, 0) is 30.7 Å². The first-order valence-electron chi connectivity index (χ1n) is 7.79. The molecule has 122 valence electrons. The summed E-state index contributed by atoms with van der Waals surface area (Å²) in [5, 5.41) is 9.85. The maximum atomic E-state index is 11.3. The Morgan fingerprint density at radius 3 is 2.91 bits per heavy atom. The number of pyridine rings is 1. The fourth-order valence-corrected chi connectivity index (χ4v) is 2.70. The number of aromatic nitrogens is 1. The summed E-state index contributed by atoms with van der Waals surface area (Å²) in [7, 11) is 0. The lowest BCUT2D eigenvalue weighted by Crippen LogP contribution is -2.37. The minimum atomic E-state index is -0.957. The Bertz CT molecular complexity index is 683. The molecule has 0 saturated carbocycles. The molecule has 2 aromatic rings. The van der Waals surface area contributed by atoms with E-state index in [9.17, 15) is 9.90 Å². The molecule has 1 fully saturated rings. The summed E-state index contributed by atoms with van der Waals surface area (Å²) in [5.74, 6) is -0.281. The lowest BCUT2D eigenvalue weighted by atomic mass is 10.1. The third kappa shape index (κ3) is 3.97. The molecular formula is C17H20N2O4. The van der Waals surface area contributed by atoms with Crippen molar-refractivity contribution in [3.8, 4) is 5.75 Å². The van der Waals surface area contributed by atoms with Crippen molar-refractivity contribution in [3.05, 3.63) is 36.0 Å². The van der Waals surface area contributed by atoms with Crippen molar-refractivity contribution < 1.29 is 19.4 Å². The standard InChI is InChI=1S/C17H20N2O4/c20-17(21)14-4-5-18-16-3-2-13(12-15(14)16)23-9-1-6-19-7-10-22-11-8-19/h2-5,12H,1,6-11H2,(H,20,21). The van der Waals surface area contributed by atoms with E-state index < -0.39 is 5.97 Å². The van der Waals surface area contributed by atoms with E-state index in [1.165, 1.54) is 12.3 Å². The van der Waals surface area contributed by atoms with Crippen molar-refractivity contribution in [1.82, 2.24) is 9.88 Å².